The molecule has 0 N–H and O–H groups in total. The third-order valence-corrected chi connectivity index (χ3v) is 3.44. The van der Waals surface area contributed by atoms with Crippen molar-refractivity contribution >= 4 is 22.6 Å². The number of para-hydroxylation sites is 2. The molecule has 0 fully saturated rings. The van der Waals surface area contributed by atoms with Gasteiger partial charge >= 0.3 is 0 Å². The first kappa shape index (κ1) is 12.9. The third-order valence-electron chi connectivity index (χ3n) is 3.20. The fourth-order valence-corrected chi connectivity index (χ4v) is 2.45. The van der Waals surface area contributed by atoms with Crippen molar-refractivity contribution in [1.29, 1.82) is 0 Å². The van der Waals surface area contributed by atoms with Gasteiger partial charge in [-0.1, -0.05) is 12.1 Å². The van der Waals surface area contributed by atoms with Crippen molar-refractivity contribution in [3.05, 3.63) is 54.0 Å². The van der Waals surface area contributed by atoms with Gasteiger partial charge in [-0.25, -0.2) is 9.97 Å². The Labute approximate surface area is 122 Å². The lowest BCUT2D eigenvalue weighted by molar-refractivity contribution is 0.397. The molecule has 0 aliphatic rings. The highest BCUT2D eigenvalue weighted by molar-refractivity contribution is 6.16. The predicted octanol–water partition coefficient (Wildman–Crippen LogP) is 3.23. The maximum atomic E-state index is 6.01. The molecule has 0 unspecified atom stereocenters. The summed E-state index contributed by atoms with van der Waals surface area (Å²) in [4.78, 5) is 8.67. The summed E-state index contributed by atoms with van der Waals surface area (Å²) in [5.74, 6) is 1.86. The summed E-state index contributed by atoms with van der Waals surface area (Å²) in [6.07, 6.45) is 1.74. The van der Waals surface area contributed by atoms with Crippen LogP contribution in [-0.2, 0) is 12.4 Å². The van der Waals surface area contributed by atoms with Crippen LogP contribution in [0.1, 0.15) is 11.4 Å². The second-order valence-electron chi connectivity index (χ2n) is 4.44. The van der Waals surface area contributed by atoms with Crippen LogP contribution in [0.4, 0.5) is 0 Å². The molecule has 3 aromatic rings. The molecule has 0 saturated heterocycles. The fourth-order valence-electron chi connectivity index (χ4n) is 2.25. The number of fused-ring (bicyclic) bond motifs is 1. The summed E-state index contributed by atoms with van der Waals surface area (Å²) < 4.78 is 7.28. The normalized spacial score (nSPS) is 10.9. The molecule has 0 amide bonds. The van der Waals surface area contributed by atoms with E-state index in [0.717, 1.165) is 22.4 Å². The smallest absolute Gasteiger partial charge is 0.213 e. The van der Waals surface area contributed by atoms with Crippen LogP contribution in [0.15, 0.2) is 42.6 Å². The van der Waals surface area contributed by atoms with E-state index in [1.807, 2.05) is 30.3 Å². The number of rotatable bonds is 4. The Morgan fingerprint density at radius 1 is 1.25 bits per heavy atom. The van der Waals surface area contributed by atoms with Gasteiger partial charge < -0.3 is 9.30 Å². The van der Waals surface area contributed by atoms with Crippen LogP contribution < -0.4 is 4.74 Å². The lowest BCUT2D eigenvalue weighted by atomic mass is 10.2. The molecule has 3 rings (SSSR count). The molecular weight excluding hydrogens is 274 g/mol. The van der Waals surface area contributed by atoms with Gasteiger partial charge in [0, 0.05) is 18.8 Å². The SMILES string of the molecule is COc1cc(Cn2c(CCl)nc3ccccc32)ccn1. The maximum Gasteiger partial charge on any atom is 0.213 e. The minimum absolute atomic E-state index is 0.386. The van der Waals surface area contributed by atoms with E-state index in [2.05, 4.69) is 20.6 Å². The van der Waals surface area contributed by atoms with Crippen molar-refractivity contribution in [2.24, 2.45) is 0 Å². The van der Waals surface area contributed by atoms with E-state index in [1.165, 1.54) is 0 Å². The van der Waals surface area contributed by atoms with Crippen LogP contribution in [0, 0.1) is 0 Å². The van der Waals surface area contributed by atoms with E-state index < -0.39 is 0 Å². The van der Waals surface area contributed by atoms with Crippen molar-refractivity contribution in [2.75, 3.05) is 7.11 Å². The van der Waals surface area contributed by atoms with Crippen LogP contribution in [0.3, 0.4) is 0 Å². The van der Waals surface area contributed by atoms with Crippen molar-refractivity contribution in [1.82, 2.24) is 14.5 Å². The number of pyridine rings is 1. The molecule has 0 aliphatic carbocycles. The van der Waals surface area contributed by atoms with Crippen LogP contribution in [0.2, 0.25) is 0 Å². The molecule has 0 aliphatic heterocycles. The first-order valence-corrected chi connectivity index (χ1v) is 6.84. The van der Waals surface area contributed by atoms with E-state index in [-0.39, 0.29) is 0 Å². The first-order valence-electron chi connectivity index (χ1n) is 6.31. The van der Waals surface area contributed by atoms with Crippen molar-refractivity contribution in [3.8, 4) is 5.88 Å². The summed E-state index contributed by atoms with van der Waals surface area (Å²) in [6.45, 7) is 0.696. The van der Waals surface area contributed by atoms with E-state index in [9.17, 15) is 0 Å². The molecule has 20 heavy (non-hydrogen) atoms. The Bertz CT molecular complexity index is 739. The van der Waals surface area contributed by atoms with Gasteiger partial charge in [-0.15, -0.1) is 11.6 Å². The molecule has 0 spiro atoms. The molecule has 0 radical (unpaired) electrons. The van der Waals surface area contributed by atoms with Crippen molar-refractivity contribution in [3.63, 3.8) is 0 Å². The monoisotopic (exact) mass is 287 g/mol. The summed E-state index contributed by atoms with van der Waals surface area (Å²) in [6, 6.07) is 11.9. The lowest BCUT2D eigenvalue weighted by Gasteiger charge is -2.08. The Morgan fingerprint density at radius 3 is 2.90 bits per heavy atom. The molecule has 0 saturated carbocycles. The number of alkyl halides is 1. The highest BCUT2D eigenvalue weighted by atomic mass is 35.5. The molecule has 1 aromatic carbocycles. The zero-order chi connectivity index (χ0) is 13.9. The van der Waals surface area contributed by atoms with Gasteiger partial charge in [-0.2, -0.15) is 0 Å². The predicted molar refractivity (Wildman–Crippen MR) is 79.2 cm³/mol. The minimum atomic E-state index is 0.386. The molecule has 2 heterocycles. The highest BCUT2D eigenvalue weighted by Gasteiger charge is 2.10. The topological polar surface area (TPSA) is 39.9 Å². The summed E-state index contributed by atoms with van der Waals surface area (Å²) in [5, 5.41) is 0. The van der Waals surface area contributed by atoms with E-state index >= 15 is 0 Å². The van der Waals surface area contributed by atoms with Gasteiger partial charge in [0.25, 0.3) is 0 Å². The molecule has 4 nitrogen and oxygen atoms in total. The number of methoxy groups -OCH3 is 1. The lowest BCUT2D eigenvalue weighted by Crippen LogP contribution is -2.04. The Hall–Kier alpha value is -2.07. The molecule has 2 aromatic heterocycles. The molecule has 5 heteroatoms. The summed E-state index contributed by atoms with van der Waals surface area (Å²) >= 11 is 6.01. The zero-order valence-electron chi connectivity index (χ0n) is 11.1. The number of halogens is 1. The maximum absolute atomic E-state index is 6.01. The molecule has 0 atom stereocenters. The summed E-state index contributed by atoms with van der Waals surface area (Å²) in [7, 11) is 1.61. The highest BCUT2D eigenvalue weighted by Crippen LogP contribution is 2.20. The van der Waals surface area contributed by atoms with Crippen LogP contribution in [0.25, 0.3) is 11.0 Å². The zero-order valence-corrected chi connectivity index (χ0v) is 11.8. The number of hydrogen-bond donors (Lipinski definition) is 0. The number of nitrogens with zero attached hydrogens (tertiary/aromatic N) is 3. The average Bonchev–Trinajstić information content (AvgIpc) is 2.85. The Kier molecular flexibility index (Phi) is 3.56. The van der Waals surface area contributed by atoms with Gasteiger partial charge in [-0.05, 0) is 23.8 Å². The number of imidazole rings is 1. The van der Waals surface area contributed by atoms with Crippen molar-refractivity contribution < 1.29 is 4.74 Å². The second-order valence-corrected chi connectivity index (χ2v) is 4.71. The molecule has 0 bridgehead atoms. The second kappa shape index (κ2) is 5.51. The van der Waals surface area contributed by atoms with Crippen molar-refractivity contribution in [2.45, 2.75) is 12.4 Å². The van der Waals surface area contributed by atoms with Crippen LogP contribution in [-0.4, -0.2) is 21.6 Å². The fraction of sp³-hybridized carbons (Fsp3) is 0.200. The van der Waals surface area contributed by atoms with Gasteiger partial charge in [0.15, 0.2) is 0 Å². The quantitative estimate of drug-likeness (QED) is 0.692. The number of hydrogen-bond acceptors (Lipinski definition) is 3. The van der Waals surface area contributed by atoms with E-state index in [0.29, 0.717) is 18.3 Å². The average molecular weight is 288 g/mol. The minimum Gasteiger partial charge on any atom is -0.481 e. The van der Waals surface area contributed by atoms with Gasteiger partial charge in [0.2, 0.25) is 5.88 Å². The first-order chi connectivity index (χ1) is 9.81. The molecule has 102 valence electrons. The standard InChI is InChI=1S/C15H14ClN3O/c1-20-15-8-11(6-7-17-15)10-19-13-5-3-2-4-12(13)18-14(19)9-16/h2-8H,9-10H2,1H3. The number of aromatic nitrogens is 3. The summed E-state index contributed by atoms with van der Waals surface area (Å²) in [5.41, 5.74) is 3.15. The van der Waals surface area contributed by atoms with Crippen LogP contribution >= 0.6 is 11.6 Å². The van der Waals surface area contributed by atoms with Gasteiger partial charge in [0.05, 0.1) is 24.0 Å². The largest absolute Gasteiger partial charge is 0.481 e. The van der Waals surface area contributed by atoms with Crippen LogP contribution in [0.5, 0.6) is 5.88 Å². The third kappa shape index (κ3) is 2.34. The van der Waals surface area contributed by atoms with Gasteiger partial charge in [0.1, 0.15) is 5.82 Å². The Balaban J connectivity index is 2.04. The molecular formula is C15H14ClN3O. The Morgan fingerprint density at radius 2 is 2.10 bits per heavy atom. The van der Waals surface area contributed by atoms with E-state index in [1.54, 1.807) is 13.3 Å². The number of ether oxygens (including phenoxy) is 1. The van der Waals surface area contributed by atoms with Gasteiger partial charge in [-0.3, -0.25) is 0 Å². The number of benzene rings is 1. The van der Waals surface area contributed by atoms with E-state index in [4.69, 9.17) is 16.3 Å².